The summed E-state index contributed by atoms with van der Waals surface area (Å²) >= 11 is 0. The molecule has 0 amide bonds. The molecule has 0 nitrogen and oxygen atoms in total. The molecule has 0 aliphatic heterocycles. The van der Waals surface area contributed by atoms with Gasteiger partial charge in [-0.15, -0.1) is 0 Å². The molecule has 1 atom stereocenters. The first-order valence-corrected chi connectivity index (χ1v) is 4.13. The van der Waals surface area contributed by atoms with Gasteiger partial charge in [0.2, 0.25) is 0 Å². The lowest BCUT2D eigenvalue weighted by Gasteiger charge is -2.11. The summed E-state index contributed by atoms with van der Waals surface area (Å²) < 4.78 is 0. The van der Waals surface area contributed by atoms with E-state index in [-0.39, 0.29) is 0 Å². The van der Waals surface area contributed by atoms with Crippen molar-refractivity contribution in [2.24, 2.45) is 5.92 Å². The van der Waals surface area contributed by atoms with Crippen LogP contribution in [0.1, 0.15) is 27.2 Å². The van der Waals surface area contributed by atoms with E-state index in [1.807, 2.05) is 12.2 Å². The van der Waals surface area contributed by atoms with Crippen LogP contribution in [-0.4, -0.2) is 0 Å². The largest absolute Gasteiger partial charge is 0.0988 e. The molecule has 0 aliphatic rings. The van der Waals surface area contributed by atoms with Crippen LogP contribution in [0.4, 0.5) is 0 Å². The monoisotopic (exact) mass is 150 g/mol. The molecule has 0 aliphatic carbocycles. The average Bonchev–Trinajstić information content (AvgIpc) is 2.05. The molecular weight excluding hydrogens is 132 g/mol. The standard InChI is InChI=1S/C11H18/c1-6-9(4)11(8-3)10(5)7-2/h6,8,10H,1,3,7H2,2,4-5H3/b11-9+. The second kappa shape index (κ2) is 4.95. The first kappa shape index (κ1) is 10.2. The van der Waals surface area contributed by atoms with Gasteiger partial charge in [0, 0.05) is 0 Å². The Bertz CT molecular complexity index is 172. The van der Waals surface area contributed by atoms with Crippen molar-refractivity contribution >= 4 is 0 Å². The van der Waals surface area contributed by atoms with Crippen LogP contribution in [-0.2, 0) is 0 Å². The Morgan fingerprint density at radius 2 is 1.91 bits per heavy atom. The number of allylic oxidation sites excluding steroid dienone is 4. The molecule has 0 bridgehead atoms. The molecule has 0 heterocycles. The highest BCUT2D eigenvalue weighted by Gasteiger charge is 2.03. The van der Waals surface area contributed by atoms with Crippen LogP contribution in [0.2, 0.25) is 0 Å². The van der Waals surface area contributed by atoms with Crippen LogP contribution in [0.15, 0.2) is 36.5 Å². The Hall–Kier alpha value is -0.780. The smallest absolute Gasteiger partial charge is 0.0191 e. The van der Waals surface area contributed by atoms with E-state index < -0.39 is 0 Å². The van der Waals surface area contributed by atoms with Crippen LogP contribution < -0.4 is 0 Å². The average molecular weight is 150 g/mol. The third-order valence-electron chi connectivity index (χ3n) is 2.12. The molecule has 0 aromatic carbocycles. The molecular formula is C11H18. The lowest BCUT2D eigenvalue weighted by atomic mass is 9.94. The fraction of sp³-hybridized carbons (Fsp3) is 0.455. The summed E-state index contributed by atoms with van der Waals surface area (Å²) in [5.74, 6) is 0.602. The molecule has 0 spiro atoms. The van der Waals surface area contributed by atoms with E-state index in [2.05, 4.69) is 33.9 Å². The zero-order valence-corrected chi connectivity index (χ0v) is 7.85. The van der Waals surface area contributed by atoms with Crippen molar-refractivity contribution in [2.45, 2.75) is 27.2 Å². The molecule has 0 aromatic heterocycles. The SMILES string of the molecule is C=C/C(C)=C(\C=C)C(C)CC. The van der Waals surface area contributed by atoms with Gasteiger partial charge in [-0.3, -0.25) is 0 Å². The molecule has 0 aromatic rings. The van der Waals surface area contributed by atoms with Gasteiger partial charge >= 0.3 is 0 Å². The summed E-state index contributed by atoms with van der Waals surface area (Å²) in [6.07, 6.45) is 4.99. The van der Waals surface area contributed by atoms with E-state index in [0.29, 0.717) is 5.92 Å². The van der Waals surface area contributed by atoms with Gasteiger partial charge in [-0.1, -0.05) is 39.2 Å². The minimum atomic E-state index is 0.602. The highest BCUT2D eigenvalue weighted by molar-refractivity contribution is 5.31. The summed E-state index contributed by atoms with van der Waals surface area (Å²) in [4.78, 5) is 0. The van der Waals surface area contributed by atoms with E-state index in [0.717, 1.165) is 6.42 Å². The Labute approximate surface area is 70.3 Å². The van der Waals surface area contributed by atoms with Crippen LogP contribution in [0.25, 0.3) is 0 Å². The maximum Gasteiger partial charge on any atom is -0.0191 e. The van der Waals surface area contributed by atoms with Crippen LogP contribution >= 0.6 is 0 Å². The van der Waals surface area contributed by atoms with Gasteiger partial charge in [0.05, 0.1) is 0 Å². The Balaban J connectivity index is 4.63. The molecule has 0 fully saturated rings. The molecule has 0 N–H and O–H groups in total. The molecule has 0 heteroatoms. The van der Waals surface area contributed by atoms with E-state index >= 15 is 0 Å². The maximum absolute atomic E-state index is 3.79. The van der Waals surface area contributed by atoms with Gasteiger partial charge < -0.3 is 0 Å². The summed E-state index contributed by atoms with van der Waals surface area (Å²) in [6, 6.07) is 0. The zero-order chi connectivity index (χ0) is 8.85. The van der Waals surface area contributed by atoms with Crippen molar-refractivity contribution in [3.8, 4) is 0 Å². The van der Waals surface area contributed by atoms with E-state index in [1.165, 1.54) is 11.1 Å². The normalized spacial score (nSPS) is 15.2. The Morgan fingerprint density at radius 3 is 2.18 bits per heavy atom. The molecule has 0 saturated carbocycles. The highest BCUT2D eigenvalue weighted by atomic mass is 14.1. The number of rotatable bonds is 4. The van der Waals surface area contributed by atoms with Gasteiger partial charge in [0.25, 0.3) is 0 Å². The predicted molar refractivity (Wildman–Crippen MR) is 52.5 cm³/mol. The third kappa shape index (κ3) is 2.75. The van der Waals surface area contributed by atoms with E-state index in [9.17, 15) is 0 Å². The molecule has 0 rings (SSSR count). The summed E-state index contributed by atoms with van der Waals surface area (Å²) in [5, 5.41) is 0. The fourth-order valence-corrected chi connectivity index (χ4v) is 1.09. The van der Waals surface area contributed by atoms with Crippen molar-refractivity contribution in [2.75, 3.05) is 0 Å². The van der Waals surface area contributed by atoms with Crippen LogP contribution in [0, 0.1) is 5.92 Å². The van der Waals surface area contributed by atoms with Crippen molar-refractivity contribution in [1.29, 1.82) is 0 Å². The maximum atomic E-state index is 3.79. The molecule has 0 radical (unpaired) electrons. The minimum absolute atomic E-state index is 0.602. The number of hydrogen-bond acceptors (Lipinski definition) is 0. The van der Waals surface area contributed by atoms with Crippen LogP contribution in [0.5, 0.6) is 0 Å². The van der Waals surface area contributed by atoms with Gasteiger partial charge in [0.1, 0.15) is 0 Å². The predicted octanol–water partition coefficient (Wildman–Crippen LogP) is 3.72. The first-order valence-electron chi connectivity index (χ1n) is 4.13. The second-order valence-corrected chi connectivity index (χ2v) is 2.86. The highest BCUT2D eigenvalue weighted by Crippen LogP contribution is 2.19. The first-order chi connectivity index (χ1) is 5.17. The molecule has 1 unspecified atom stereocenters. The lowest BCUT2D eigenvalue weighted by molar-refractivity contribution is 0.666. The van der Waals surface area contributed by atoms with Crippen molar-refractivity contribution < 1.29 is 0 Å². The van der Waals surface area contributed by atoms with Gasteiger partial charge in [-0.2, -0.15) is 0 Å². The zero-order valence-electron chi connectivity index (χ0n) is 7.85. The molecule has 0 saturated heterocycles. The topological polar surface area (TPSA) is 0 Å². The molecule has 11 heavy (non-hydrogen) atoms. The van der Waals surface area contributed by atoms with Crippen molar-refractivity contribution in [1.82, 2.24) is 0 Å². The van der Waals surface area contributed by atoms with Crippen molar-refractivity contribution in [3.63, 3.8) is 0 Å². The molecule has 62 valence electrons. The van der Waals surface area contributed by atoms with Crippen molar-refractivity contribution in [3.05, 3.63) is 36.5 Å². The minimum Gasteiger partial charge on any atom is -0.0988 e. The van der Waals surface area contributed by atoms with Gasteiger partial charge in [-0.05, 0) is 30.4 Å². The third-order valence-corrected chi connectivity index (χ3v) is 2.12. The number of hydrogen-bond donors (Lipinski definition) is 0. The van der Waals surface area contributed by atoms with Crippen LogP contribution in [0.3, 0.4) is 0 Å². The Morgan fingerprint density at radius 1 is 1.36 bits per heavy atom. The summed E-state index contributed by atoms with van der Waals surface area (Å²) in [7, 11) is 0. The summed E-state index contributed by atoms with van der Waals surface area (Å²) in [5.41, 5.74) is 2.57. The quantitative estimate of drug-likeness (QED) is 0.536. The van der Waals surface area contributed by atoms with Gasteiger partial charge in [0.15, 0.2) is 0 Å². The van der Waals surface area contributed by atoms with E-state index in [1.54, 1.807) is 0 Å². The van der Waals surface area contributed by atoms with E-state index in [4.69, 9.17) is 0 Å². The Kier molecular flexibility index (Phi) is 4.60. The fourth-order valence-electron chi connectivity index (χ4n) is 1.09. The van der Waals surface area contributed by atoms with Gasteiger partial charge in [-0.25, -0.2) is 0 Å². The second-order valence-electron chi connectivity index (χ2n) is 2.86. The lowest BCUT2D eigenvalue weighted by Crippen LogP contribution is -1.96. The summed E-state index contributed by atoms with van der Waals surface area (Å²) in [6.45, 7) is 14.0.